The van der Waals surface area contributed by atoms with Gasteiger partial charge >= 0.3 is 12.0 Å². The Hall–Kier alpha value is -0.760. The van der Waals surface area contributed by atoms with E-state index in [1.165, 1.54) is 4.90 Å². The van der Waals surface area contributed by atoms with Gasteiger partial charge in [0.2, 0.25) is 0 Å². The van der Waals surface area contributed by atoms with Gasteiger partial charge in [0.05, 0.1) is 5.37 Å². The van der Waals surface area contributed by atoms with Crippen molar-refractivity contribution < 1.29 is 18.9 Å². The van der Waals surface area contributed by atoms with Gasteiger partial charge in [-0.2, -0.15) is 0 Å². The van der Waals surface area contributed by atoms with E-state index in [1.54, 1.807) is 18.0 Å². The number of amides is 2. The first-order chi connectivity index (χ1) is 9.90. The van der Waals surface area contributed by atoms with Crippen molar-refractivity contribution in [3.05, 3.63) is 0 Å². The third-order valence-electron chi connectivity index (χ3n) is 3.79. The fourth-order valence-corrected chi connectivity index (χ4v) is 4.74. The summed E-state index contributed by atoms with van der Waals surface area (Å²) in [5.74, 6) is 0.480. The Labute approximate surface area is 131 Å². The summed E-state index contributed by atoms with van der Waals surface area (Å²) in [6.07, 6.45) is 4.40. The number of carboxylic acid groups (broad SMARTS) is 1. The number of carboxylic acids is 1. The standard InChI is InChI=1S/C13H22N2O4S2/c1-8(5-6-21(2)19)14-13(18)15-10(12(16)17)7-20-11(15)9-3-4-9/h8-11H,3-7H2,1-2H3,(H,14,18)(H,16,17). The van der Waals surface area contributed by atoms with Gasteiger partial charge in [0.1, 0.15) is 6.04 Å². The number of thioether (sulfide) groups is 1. The number of hydrogen-bond acceptors (Lipinski definition) is 4. The first kappa shape index (κ1) is 16.6. The normalized spacial score (nSPS) is 28.2. The van der Waals surface area contributed by atoms with E-state index in [4.69, 9.17) is 0 Å². The molecule has 2 aliphatic rings. The molecule has 4 atom stereocenters. The van der Waals surface area contributed by atoms with Gasteiger partial charge in [0.15, 0.2) is 0 Å². The van der Waals surface area contributed by atoms with Crippen molar-refractivity contribution in [2.24, 2.45) is 5.92 Å². The van der Waals surface area contributed by atoms with Gasteiger partial charge in [-0.05, 0) is 32.1 Å². The van der Waals surface area contributed by atoms with Crippen LogP contribution in [0.1, 0.15) is 26.2 Å². The molecule has 2 rings (SSSR count). The number of urea groups is 1. The van der Waals surface area contributed by atoms with Crippen LogP contribution in [0.2, 0.25) is 0 Å². The summed E-state index contributed by atoms with van der Waals surface area (Å²) < 4.78 is 11.1. The Bertz CT molecular complexity index is 442. The summed E-state index contributed by atoms with van der Waals surface area (Å²) in [5.41, 5.74) is 0. The maximum absolute atomic E-state index is 12.4. The molecule has 0 aromatic carbocycles. The van der Waals surface area contributed by atoms with Crippen molar-refractivity contribution in [2.45, 2.75) is 43.6 Å². The van der Waals surface area contributed by atoms with Gasteiger partial charge in [0, 0.05) is 34.6 Å². The highest BCUT2D eigenvalue weighted by molar-refractivity contribution is 8.00. The summed E-state index contributed by atoms with van der Waals surface area (Å²) in [4.78, 5) is 25.3. The van der Waals surface area contributed by atoms with Crippen LogP contribution >= 0.6 is 11.8 Å². The zero-order chi connectivity index (χ0) is 15.6. The lowest BCUT2D eigenvalue weighted by Crippen LogP contribution is -2.52. The highest BCUT2D eigenvalue weighted by Crippen LogP contribution is 2.45. The van der Waals surface area contributed by atoms with E-state index in [2.05, 4.69) is 5.32 Å². The smallest absolute Gasteiger partial charge is 0.327 e. The zero-order valence-corrected chi connectivity index (χ0v) is 13.9. The second kappa shape index (κ2) is 7.00. The zero-order valence-electron chi connectivity index (χ0n) is 12.3. The van der Waals surface area contributed by atoms with Gasteiger partial charge in [-0.1, -0.05) is 0 Å². The molecule has 4 unspecified atom stereocenters. The molecule has 0 bridgehead atoms. The first-order valence-corrected chi connectivity index (χ1v) is 9.91. The minimum absolute atomic E-state index is 0.0152. The molecule has 1 saturated carbocycles. The van der Waals surface area contributed by atoms with Gasteiger partial charge in [-0.15, -0.1) is 11.8 Å². The average molecular weight is 334 g/mol. The summed E-state index contributed by atoms with van der Waals surface area (Å²) in [5, 5.41) is 12.1. The van der Waals surface area contributed by atoms with Crippen LogP contribution in [0.25, 0.3) is 0 Å². The summed E-state index contributed by atoms with van der Waals surface area (Å²) in [6.45, 7) is 1.86. The largest absolute Gasteiger partial charge is 0.480 e. The fraction of sp³-hybridized carbons (Fsp3) is 0.846. The molecule has 0 aromatic rings. The lowest BCUT2D eigenvalue weighted by Gasteiger charge is -2.29. The Morgan fingerprint density at radius 3 is 2.67 bits per heavy atom. The molecule has 1 saturated heterocycles. The highest BCUT2D eigenvalue weighted by Gasteiger charge is 2.48. The molecular formula is C13H22N2O4S2. The number of carbonyl (C=O) groups is 2. The maximum Gasteiger partial charge on any atom is 0.327 e. The van der Waals surface area contributed by atoms with Crippen LogP contribution in [-0.4, -0.2) is 61.4 Å². The van der Waals surface area contributed by atoms with E-state index in [0.29, 0.717) is 23.8 Å². The van der Waals surface area contributed by atoms with Crippen LogP contribution in [0.4, 0.5) is 4.79 Å². The molecule has 1 aliphatic carbocycles. The van der Waals surface area contributed by atoms with Crippen LogP contribution in [0, 0.1) is 5.92 Å². The molecule has 1 heterocycles. The van der Waals surface area contributed by atoms with Crippen LogP contribution in [0.3, 0.4) is 0 Å². The number of nitrogens with one attached hydrogen (secondary N) is 1. The lowest BCUT2D eigenvalue weighted by atomic mass is 10.2. The van der Waals surface area contributed by atoms with Gasteiger partial charge in [-0.3, -0.25) is 9.11 Å². The molecule has 0 aromatic heterocycles. The minimum atomic E-state index is -0.942. The molecule has 2 N–H and O–H groups in total. The Morgan fingerprint density at radius 1 is 1.48 bits per heavy atom. The molecule has 21 heavy (non-hydrogen) atoms. The number of aliphatic carboxylic acids is 1. The average Bonchev–Trinajstić information content (AvgIpc) is 3.14. The van der Waals surface area contributed by atoms with Crippen molar-refractivity contribution in [1.29, 1.82) is 0 Å². The molecule has 6 nitrogen and oxygen atoms in total. The Kier molecular flexibility index (Phi) is 5.54. The second-order valence-electron chi connectivity index (χ2n) is 5.74. The van der Waals surface area contributed by atoms with Crippen molar-refractivity contribution in [2.75, 3.05) is 17.8 Å². The third kappa shape index (κ3) is 4.35. The minimum Gasteiger partial charge on any atom is -0.480 e. The molecular weight excluding hydrogens is 312 g/mol. The van der Waals surface area contributed by atoms with E-state index in [-0.39, 0.29) is 17.4 Å². The van der Waals surface area contributed by atoms with Gasteiger partial charge in [-0.25, -0.2) is 9.59 Å². The molecule has 8 heteroatoms. The Balaban J connectivity index is 1.96. The number of hydrogen-bond donors (Lipinski definition) is 2. The van der Waals surface area contributed by atoms with E-state index in [1.807, 2.05) is 6.92 Å². The van der Waals surface area contributed by atoms with E-state index >= 15 is 0 Å². The van der Waals surface area contributed by atoms with Crippen molar-refractivity contribution in [3.63, 3.8) is 0 Å². The van der Waals surface area contributed by atoms with Crippen molar-refractivity contribution in [1.82, 2.24) is 10.2 Å². The lowest BCUT2D eigenvalue weighted by molar-refractivity contribution is -0.141. The number of nitrogens with zero attached hydrogens (tertiary/aromatic N) is 1. The molecule has 120 valence electrons. The number of carbonyl (C=O) groups excluding carboxylic acids is 1. The monoisotopic (exact) mass is 334 g/mol. The third-order valence-corrected chi connectivity index (χ3v) is 6.06. The second-order valence-corrected chi connectivity index (χ2v) is 8.44. The van der Waals surface area contributed by atoms with Crippen molar-refractivity contribution in [3.8, 4) is 0 Å². The summed E-state index contributed by atoms with van der Waals surface area (Å²) in [7, 11) is -0.885. The van der Waals surface area contributed by atoms with E-state index < -0.39 is 22.8 Å². The SMILES string of the molecule is CC(CCS(C)=O)NC(=O)N1C(C(=O)O)CSC1C1CC1. The van der Waals surface area contributed by atoms with Crippen molar-refractivity contribution >= 4 is 34.6 Å². The van der Waals surface area contributed by atoms with E-state index in [9.17, 15) is 18.9 Å². The summed E-state index contributed by atoms with van der Waals surface area (Å²) in [6, 6.07) is -1.16. The van der Waals surface area contributed by atoms with Gasteiger partial charge < -0.3 is 10.4 Å². The van der Waals surface area contributed by atoms with Crippen LogP contribution in [0.15, 0.2) is 0 Å². The van der Waals surface area contributed by atoms with Crippen LogP contribution in [-0.2, 0) is 15.6 Å². The topological polar surface area (TPSA) is 86.7 Å². The number of rotatable bonds is 6. The molecule has 2 fully saturated rings. The quantitative estimate of drug-likeness (QED) is 0.759. The summed E-state index contributed by atoms with van der Waals surface area (Å²) >= 11 is 1.57. The molecule has 2 amide bonds. The highest BCUT2D eigenvalue weighted by atomic mass is 32.2. The van der Waals surface area contributed by atoms with Crippen LogP contribution in [0.5, 0.6) is 0 Å². The molecule has 0 spiro atoms. The van der Waals surface area contributed by atoms with E-state index in [0.717, 1.165) is 12.8 Å². The maximum atomic E-state index is 12.4. The van der Waals surface area contributed by atoms with Gasteiger partial charge in [0.25, 0.3) is 0 Å². The predicted molar refractivity (Wildman–Crippen MR) is 83.8 cm³/mol. The predicted octanol–water partition coefficient (Wildman–Crippen LogP) is 1.09. The Morgan fingerprint density at radius 2 is 2.14 bits per heavy atom. The molecule has 1 aliphatic heterocycles. The van der Waals surface area contributed by atoms with Crippen LogP contribution < -0.4 is 5.32 Å². The molecule has 0 radical (unpaired) electrons. The first-order valence-electron chi connectivity index (χ1n) is 7.13. The fourth-order valence-electron chi connectivity index (χ4n) is 2.42.